The third-order valence-corrected chi connectivity index (χ3v) is 4.34. The van der Waals surface area contributed by atoms with Crippen LogP contribution in [0.25, 0.3) is 10.9 Å². The lowest BCUT2D eigenvalue weighted by atomic mass is 10.2. The molecule has 5 heteroatoms. The molecule has 3 aromatic rings. The van der Waals surface area contributed by atoms with Crippen LogP contribution in [0.1, 0.15) is 36.6 Å². The van der Waals surface area contributed by atoms with Gasteiger partial charge in [-0.1, -0.05) is 19.1 Å². The molecule has 2 atom stereocenters. The fraction of sp³-hybridized carbons (Fsp3) is 0.278. The highest BCUT2D eigenvalue weighted by molar-refractivity contribution is 5.78. The summed E-state index contributed by atoms with van der Waals surface area (Å²) in [6.07, 6.45) is 2.75. The van der Waals surface area contributed by atoms with Gasteiger partial charge < -0.3 is 4.42 Å². The van der Waals surface area contributed by atoms with Crippen molar-refractivity contribution in [3.63, 3.8) is 0 Å². The molecule has 1 saturated carbocycles. The summed E-state index contributed by atoms with van der Waals surface area (Å²) in [5.41, 5.74) is 0.511. The van der Waals surface area contributed by atoms with Crippen LogP contribution >= 0.6 is 0 Å². The van der Waals surface area contributed by atoms with Gasteiger partial charge >= 0.3 is 0 Å². The molecule has 23 heavy (non-hydrogen) atoms. The van der Waals surface area contributed by atoms with Gasteiger partial charge in [0.2, 0.25) is 0 Å². The number of rotatable bonds is 3. The van der Waals surface area contributed by atoms with E-state index in [1.54, 1.807) is 19.2 Å². The molecule has 1 fully saturated rings. The fourth-order valence-electron chi connectivity index (χ4n) is 2.84. The maximum atomic E-state index is 12.5. The summed E-state index contributed by atoms with van der Waals surface area (Å²) in [6, 6.07) is 11.2. The SMILES string of the molecule is Cc1nc2ccccc2c(=O)n1/N=C\c1ccc([C@@H]2C[C@@H]2C)o1. The van der Waals surface area contributed by atoms with Crippen molar-refractivity contribution in [3.05, 3.63) is 64.1 Å². The maximum absolute atomic E-state index is 12.5. The zero-order chi connectivity index (χ0) is 16.0. The molecule has 0 saturated heterocycles. The Balaban J connectivity index is 1.69. The van der Waals surface area contributed by atoms with E-state index in [1.165, 1.54) is 11.1 Å². The monoisotopic (exact) mass is 307 g/mol. The number of hydrogen-bond donors (Lipinski definition) is 0. The van der Waals surface area contributed by atoms with E-state index in [-0.39, 0.29) is 5.56 Å². The Morgan fingerprint density at radius 1 is 1.30 bits per heavy atom. The van der Waals surface area contributed by atoms with Crippen molar-refractivity contribution < 1.29 is 4.42 Å². The second kappa shape index (κ2) is 5.19. The molecular formula is C18H17N3O2. The minimum atomic E-state index is -0.174. The van der Waals surface area contributed by atoms with E-state index in [4.69, 9.17) is 4.42 Å². The van der Waals surface area contributed by atoms with Crippen molar-refractivity contribution >= 4 is 17.1 Å². The van der Waals surface area contributed by atoms with Gasteiger partial charge in [0.15, 0.2) is 0 Å². The predicted molar refractivity (Wildman–Crippen MR) is 89.0 cm³/mol. The average molecular weight is 307 g/mol. The van der Waals surface area contributed by atoms with Gasteiger partial charge in [-0.2, -0.15) is 9.78 Å². The number of hydrogen-bond acceptors (Lipinski definition) is 4. The van der Waals surface area contributed by atoms with Crippen LogP contribution in [0.15, 0.2) is 50.7 Å². The Hall–Kier alpha value is -2.69. The number of nitrogens with zero attached hydrogens (tertiary/aromatic N) is 3. The van der Waals surface area contributed by atoms with E-state index in [1.807, 2.05) is 30.3 Å². The molecule has 2 aromatic heterocycles. The summed E-state index contributed by atoms with van der Waals surface area (Å²) in [5, 5.41) is 4.82. The van der Waals surface area contributed by atoms with Crippen molar-refractivity contribution in [2.45, 2.75) is 26.2 Å². The molecule has 1 aliphatic carbocycles. The molecule has 0 aliphatic heterocycles. The Morgan fingerprint density at radius 3 is 2.87 bits per heavy atom. The quantitative estimate of drug-likeness (QED) is 0.697. The van der Waals surface area contributed by atoms with Gasteiger partial charge in [-0.15, -0.1) is 0 Å². The molecule has 1 aromatic carbocycles. The molecule has 0 radical (unpaired) electrons. The van der Waals surface area contributed by atoms with Crippen LogP contribution in [0.4, 0.5) is 0 Å². The van der Waals surface area contributed by atoms with Gasteiger partial charge in [0.1, 0.15) is 17.3 Å². The van der Waals surface area contributed by atoms with Crippen molar-refractivity contribution in [2.24, 2.45) is 11.0 Å². The zero-order valence-corrected chi connectivity index (χ0v) is 13.1. The zero-order valence-electron chi connectivity index (χ0n) is 13.1. The highest BCUT2D eigenvalue weighted by atomic mass is 16.3. The second-order valence-corrected chi connectivity index (χ2v) is 6.10. The van der Waals surface area contributed by atoms with Gasteiger partial charge in [0.05, 0.1) is 17.1 Å². The third kappa shape index (κ3) is 2.48. The van der Waals surface area contributed by atoms with E-state index in [9.17, 15) is 4.79 Å². The number of aromatic nitrogens is 2. The fourth-order valence-corrected chi connectivity index (χ4v) is 2.84. The summed E-state index contributed by atoms with van der Waals surface area (Å²) < 4.78 is 7.09. The van der Waals surface area contributed by atoms with Crippen molar-refractivity contribution in [1.82, 2.24) is 9.66 Å². The van der Waals surface area contributed by atoms with Gasteiger partial charge in [-0.05, 0) is 43.5 Å². The number of para-hydroxylation sites is 1. The number of aryl methyl sites for hydroxylation is 1. The molecule has 0 N–H and O–H groups in total. The summed E-state index contributed by atoms with van der Waals surface area (Å²) in [4.78, 5) is 16.9. The van der Waals surface area contributed by atoms with Crippen LogP contribution in [0.5, 0.6) is 0 Å². The predicted octanol–water partition coefficient (Wildman–Crippen LogP) is 3.30. The van der Waals surface area contributed by atoms with Crippen LogP contribution in [0.3, 0.4) is 0 Å². The van der Waals surface area contributed by atoms with Crippen molar-refractivity contribution in [2.75, 3.05) is 0 Å². The second-order valence-electron chi connectivity index (χ2n) is 6.10. The standard InChI is InChI=1S/C18H17N3O2/c1-11-9-15(11)17-8-7-13(23-17)10-19-21-12(2)20-16-6-4-3-5-14(16)18(21)22/h3-8,10-11,15H,9H2,1-2H3/b19-10-/t11-,15+/m0/s1. The van der Waals surface area contributed by atoms with E-state index in [0.29, 0.717) is 34.3 Å². The van der Waals surface area contributed by atoms with Crippen LogP contribution in [0.2, 0.25) is 0 Å². The number of furan rings is 1. The van der Waals surface area contributed by atoms with Gasteiger partial charge in [0.25, 0.3) is 5.56 Å². The van der Waals surface area contributed by atoms with E-state index < -0.39 is 0 Å². The summed E-state index contributed by atoms with van der Waals surface area (Å²) in [7, 11) is 0. The van der Waals surface area contributed by atoms with Crippen molar-refractivity contribution in [3.8, 4) is 0 Å². The normalized spacial score (nSPS) is 20.4. The molecule has 1 aliphatic rings. The summed E-state index contributed by atoms with van der Waals surface area (Å²) in [6.45, 7) is 3.98. The van der Waals surface area contributed by atoms with Crippen molar-refractivity contribution in [1.29, 1.82) is 0 Å². The lowest BCUT2D eigenvalue weighted by molar-refractivity contribution is 0.499. The Bertz CT molecular complexity index is 968. The highest BCUT2D eigenvalue weighted by Crippen LogP contribution is 2.47. The van der Waals surface area contributed by atoms with E-state index in [0.717, 1.165) is 5.76 Å². The maximum Gasteiger partial charge on any atom is 0.282 e. The van der Waals surface area contributed by atoms with Crippen LogP contribution in [-0.2, 0) is 0 Å². The molecule has 0 bridgehead atoms. The van der Waals surface area contributed by atoms with Crippen LogP contribution < -0.4 is 5.56 Å². The molecule has 0 unspecified atom stereocenters. The summed E-state index contributed by atoms with van der Waals surface area (Å²) in [5.74, 6) is 3.43. The first-order valence-corrected chi connectivity index (χ1v) is 7.76. The Morgan fingerprint density at radius 2 is 2.09 bits per heavy atom. The minimum absolute atomic E-state index is 0.174. The minimum Gasteiger partial charge on any atom is -0.460 e. The topological polar surface area (TPSA) is 60.4 Å². The average Bonchev–Trinajstić information content (AvgIpc) is 3.08. The van der Waals surface area contributed by atoms with Gasteiger partial charge in [-0.3, -0.25) is 4.79 Å². The molecule has 0 amide bonds. The van der Waals surface area contributed by atoms with Crippen LogP contribution in [-0.4, -0.2) is 15.9 Å². The first kappa shape index (κ1) is 13.9. The molecule has 0 spiro atoms. The van der Waals surface area contributed by atoms with E-state index >= 15 is 0 Å². The van der Waals surface area contributed by atoms with Gasteiger partial charge in [-0.25, -0.2) is 4.98 Å². The first-order valence-electron chi connectivity index (χ1n) is 7.76. The first-order chi connectivity index (χ1) is 11.1. The molecular weight excluding hydrogens is 290 g/mol. The van der Waals surface area contributed by atoms with Gasteiger partial charge in [0, 0.05) is 5.92 Å². The lowest BCUT2D eigenvalue weighted by Crippen LogP contribution is -2.20. The van der Waals surface area contributed by atoms with E-state index in [2.05, 4.69) is 17.0 Å². The molecule has 5 nitrogen and oxygen atoms in total. The smallest absolute Gasteiger partial charge is 0.282 e. The largest absolute Gasteiger partial charge is 0.460 e. The molecule has 4 rings (SSSR count). The number of fused-ring (bicyclic) bond motifs is 1. The van der Waals surface area contributed by atoms with Crippen LogP contribution in [0, 0.1) is 12.8 Å². The molecule has 2 heterocycles. The third-order valence-electron chi connectivity index (χ3n) is 4.34. The summed E-state index contributed by atoms with van der Waals surface area (Å²) >= 11 is 0. The molecule has 116 valence electrons. The Labute approximate surface area is 133 Å². The Kier molecular flexibility index (Phi) is 3.15. The lowest BCUT2D eigenvalue weighted by Gasteiger charge is -2.04. The number of benzene rings is 1. The highest BCUT2D eigenvalue weighted by Gasteiger charge is 2.36.